The fourth-order valence-corrected chi connectivity index (χ4v) is 2.12. The molecule has 3 heteroatoms. The summed E-state index contributed by atoms with van der Waals surface area (Å²) in [4.78, 5) is 0. The molecule has 96 valence electrons. The zero-order chi connectivity index (χ0) is 12.8. The molecule has 0 saturated carbocycles. The van der Waals surface area contributed by atoms with Crippen LogP contribution in [-0.4, -0.2) is 23.8 Å². The number of aliphatic hydroxyl groups excluding tert-OH is 1. The van der Waals surface area contributed by atoms with E-state index in [1.807, 2.05) is 0 Å². The molecular weight excluding hydrogens is 278 g/mol. The minimum Gasteiger partial charge on any atom is -0.395 e. The van der Waals surface area contributed by atoms with E-state index in [0.717, 1.165) is 10.9 Å². The third kappa shape index (κ3) is 5.19. The Bertz CT molecular complexity index is 323. The molecule has 17 heavy (non-hydrogen) atoms. The largest absolute Gasteiger partial charge is 0.395 e. The third-order valence-electron chi connectivity index (χ3n) is 2.96. The lowest BCUT2D eigenvalue weighted by molar-refractivity contribution is 0.201. The van der Waals surface area contributed by atoms with E-state index in [2.05, 4.69) is 66.3 Å². The van der Waals surface area contributed by atoms with Crippen LogP contribution in [-0.2, 0) is 6.42 Å². The molecule has 0 amide bonds. The highest BCUT2D eigenvalue weighted by atomic mass is 79.9. The van der Waals surface area contributed by atoms with Crippen LogP contribution >= 0.6 is 15.9 Å². The highest BCUT2D eigenvalue weighted by Crippen LogP contribution is 2.12. The highest BCUT2D eigenvalue weighted by Gasteiger charge is 2.14. The Morgan fingerprint density at radius 3 is 2.24 bits per heavy atom. The second kappa shape index (κ2) is 7.14. The van der Waals surface area contributed by atoms with Crippen molar-refractivity contribution < 1.29 is 5.11 Å². The molecule has 1 rings (SSSR count). The number of nitrogens with one attached hydrogen (secondary N) is 1. The molecule has 0 aliphatic rings. The number of rotatable bonds is 6. The van der Waals surface area contributed by atoms with Crippen LogP contribution in [0.15, 0.2) is 28.7 Å². The van der Waals surface area contributed by atoms with Gasteiger partial charge in [0.15, 0.2) is 0 Å². The maximum atomic E-state index is 9.28. The normalized spacial score (nSPS) is 14.9. The summed E-state index contributed by atoms with van der Waals surface area (Å²) < 4.78 is 1.11. The van der Waals surface area contributed by atoms with Crippen molar-refractivity contribution >= 4 is 15.9 Å². The second-order valence-corrected chi connectivity index (χ2v) is 5.85. The molecule has 0 aromatic heterocycles. The molecule has 0 heterocycles. The van der Waals surface area contributed by atoms with E-state index in [4.69, 9.17) is 0 Å². The van der Waals surface area contributed by atoms with E-state index in [9.17, 15) is 5.11 Å². The van der Waals surface area contributed by atoms with Gasteiger partial charge in [-0.25, -0.2) is 0 Å². The first-order valence-electron chi connectivity index (χ1n) is 6.14. The quantitative estimate of drug-likeness (QED) is 0.846. The summed E-state index contributed by atoms with van der Waals surface area (Å²) in [5.74, 6) is 0.451. The first-order chi connectivity index (χ1) is 8.02. The first-order valence-corrected chi connectivity index (χ1v) is 6.93. The minimum atomic E-state index is 0.181. The van der Waals surface area contributed by atoms with Crippen molar-refractivity contribution in [2.24, 2.45) is 5.92 Å². The molecule has 1 aromatic carbocycles. The fourth-order valence-electron chi connectivity index (χ4n) is 1.85. The molecule has 0 fully saturated rings. The molecule has 2 atom stereocenters. The first kappa shape index (κ1) is 14.7. The molecule has 0 radical (unpaired) electrons. The van der Waals surface area contributed by atoms with Crippen molar-refractivity contribution in [3.05, 3.63) is 34.3 Å². The molecule has 0 aliphatic heterocycles. The molecule has 0 saturated heterocycles. The van der Waals surface area contributed by atoms with Crippen molar-refractivity contribution in [1.82, 2.24) is 5.32 Å². The number of benzene rings is 1. The lowest BCUT2D eigenvalue weighted by Crippen LogP contribution is -2.43. The predicted octanol–water partition coefficient (Wildman–Crippen LogP) is 2.99. The van der Waals surface area contributed by atoms with Gasteiger partial charge in [0.05, 0.1) is 6.61 Å². The molecular formula is C14H22BrNO. The van der Waals surface area contributed by atoms with Crippen LogP contribution < -0.4 is 5.32 Å². The van der Waals surface area contributed by atoms with E-state index < -0.39 is 0 Å². The van der Waals surface area contributed by atoms with E-state index in [0.29, 0.717) is 12.0 Å². The molecule has 0 bridgehead atoms. The van der Waals surface area contributed by atoms with Crippen LogP contribution in [0.3, 0.4) is 0 Å². The SMILES string of the molecule is CC(Cc1ccc(Br)cc1)NC(CO)C(C)C. The van der Waals surface area contributed by atoms with Crippen LogP contribution in [0.25, 0.3) is 0 Å². The lowest BCUT2D eigenvalue weighted by atomic mass is 10.0. The van der Waals surface area contributed by atoms with Gasteiger partial charge in [0.2, 0.25) is 0 Å². The second-order valence-electron chi connectivity index (χ2n) is 4.93. The van der Waals surface area contributed by atoms with Gasteiger partial charge >= 0.3 is 0 Å². The van der Waals surface area contributed by atoms with Crippen molar-refractivity contribution in [2.45, 2.75) is 39.3 Å². The minimum absolute atomic E-state index is 0.181. The molecule has 0 aliphatic carbocycles. The highest BCUT2D eigenvalue weighted by molar-refractivity contribution is 9.10. The Morgan fingerprint density at radius 1 is 1.18 bits per heavy atom. The van der Waals surface area contributed by atoms with E-state index >= 15 is 0 Å². The number of halogens is 1. The predicted molar refractivity (Wildman–Crippen MR) is 76.2 cm³/mol. The zero-order valence-corrected chi connectivity index (χ0v) is 12.4. The monoisotopic (exact) mass is 299 g/mol. The van der Waals surface area contributed by atoms with Crippen molar-refractivity contribution in [2.75, 3.05) is 6.61 Å². The van der Waals surface area contributed by atoms with Gasteiger partial charge in [0.25, 0.3) is 0 Å². The summed E-state index contributed by atoms with van der Waals surface area (Å²) in [7, 11) is 0. The summed E-state index contributed by atoms with van der Waals surface area (Å²) in [6, 6.07) is 8.94. The third-order valence-corrected chi connectivity index (χ3v) is 3.48. The van der Waals surface area contributed by atoms with Crippen molar-refractivity contribution in [3.63, 3.8) is 0 Å². The number of aliphatic hydroxyl groups is 1. The summed E-state index contributed by atoms with van der Waals surface area (Å²) >= 11 is 3.43. The Hall–Kier alpha value is -0.380. The van der Waals surface area contributed by atoms with Gasteiger partial charge in [0.1, 0.15) is 0 Å². The van der Waals surface area contributed by atoms with Gasteiger partial charge in [-0.2, -0.15) is 0 Å². The zero-order valence-electron chi connectivity index (χ0n) is 10.8. The van der Waals surface area contributed by atoms with Gasteiger partial charge < -0.3 is 10.4 Å². The fraction of sp³-hybridized carbons (Fsp3) is 0.571. The summed E-state index contributed by atoms with van der Waals surface area (Å²) in [6.07, 6.45) is 0.983. The Morgan fingerprint density at radius 2 is 1.76 bits per heavy atom. The average Bonchev–Trinajstić information content (AvgIpc) is 2.28. The van der Waals surface area contributed by atoms with E-state index in [-0.39, 0.29) is 12.6 Å². The molecule has 2 unspecified atom stereocenters. The lowest BCUT2D eigenvalue weighted by Gasteiger charge is -2.24. The summed E-state index contributed by atoms with van der Waals surface area (Å²) in [6.45, 7) is 6.61. The van der Waals surface area contributed by atoms with E-state index in [1.165, 1.54) is 5.56 Å². The van der Waals surface area contributed by atoms with Crippen LogP contribution in [0.2, 0.25) is 0 Å². The molecule has 2 N–H and O–H groups in total. The van der Waals surface area contributed by atoms with Gasteiger partial charge in [-0.15, -0.1) is 0 Å². The number of hydrogen-bond donors (Lipinski definition) is 2. The molecule has 1 aromatic rings. The van der Waals surface area contributed by atoms with Crippen LogP contribution in [0.1, 0.15) is 26.3 Å². The average molecular weight is 300 g/mol. The smallest absolute Gasteiger partial charge is 0.0587 e. The van der Waals surface area contributed by atoms with Crippen molar-refractivity contribution in [3.8, 4) is 0 Å². The van der Waals surface area contributed by atoms with Gasteiger partial charge in [-0.05, 0) is 37.0 Å². The van der Waals surface area contributed by atoms with Gasteiger partial charge in [-0.1, -0.05) is 41.9 Å². The Balaban J connectivity index is 2.48. The Kier molecular flexibility index (Phi) is 6.17. The van der Waals surface area contributed by atoms with Crippen LogP contribution in [0, 0.1) is 5.92 Å². The van der Waals surface area contributed by atoms with Crippen LogP contribution in [0.5, 0.6) is 0 Å². The van der Waals surface area contributed by atoms with Gasteiger partial charge in [-0.3, -0.25) is 0 Å². The molecule has 2 nitrogen and oxygen atoms in total. The maximum Gasteiger partial charge on any atom is 0.0587 e. The standard InChI is InChI=1S/C14H22BrNO/c1-10(2)14(9-17)16-11(3)8-12-4-6-13(15)7-5-12/h4-7,10-11,14,16-17H,8-9H2,1-3H3. The van der Waals surface area contributed by atoms with Crippen molar-refractivity contribution in [1.29, 1.82) is 0 Å². The summed E-state index contributed by atoms with van der Waals surface area (Å²) in [5, 5.41) is 12.7. The molecule has 0 spiro atoms. The number of hydrogen-bond acceptors (Lipinski definition) is 2. The topological polar surface area (TPSA) is 32.3 Å². The van der Waals surface area contributed by atoms with Crippen LogP contribution in [0.4, 0.5) is 0 Å². The Labute approximate surface area is 113 Å². The van der Waals surface area contributed by atoms with E-state index in [1.54, 1.807) is 0 Å². The van der Waals surface area contributed by atoms with Gasteiger partial charge in [0, 0.05) is 16.6 Å². The maximum absolute atomic E-state index is 9.28. The summed E-state index contributed by atoms with van der Waals surface area (Å²) in [5.41, 5.74) is 1.31.